The molecular weight excluding hydrogens is 268 g/mol. The number of hydrogen-bond donors (Lipinski definition) is 0. The van der Waals surface area contributed by atoms with Crippen molar-refractivity contribution in [3.63, 3.8) is 0 Å². The lowest BCUT2D eigenvalue weighted by molar-refractivity contribution is -0.117. The SMILES string of the molecule is CCOc1cc(N=CC2CCCN2C=O)c(C)cc1OC. The number of ether oxygens (including phenoxy) is 2. The van der Waals surface area contributed by atoms with E-state index in [2.05, 4.69) is 4.99 Å². The Morgan fingerprint density at radius 2 is 2.24 bits per heavy atom. The van der Waals surface area contributed by atoms with Gasteiger partial charge in [-0.25, -0.2) is 0 Å². The molecule has 114 valence electrons. The van der Waals surface area contributed by atoms with Crippen LogP contribution in [0.15, 0.2) is 17.1 Å². The second-order valence-corrected chi connectivity index (χ2v) is 5.05. The molecule has 0 spiro atoms. The molecule has 1 aromatic carbocycles. The van der Waals surface area contributed by atoms with Crippen LogP contribution < -0.4 is 9.47 Å². The summed E-state index contributed by atoms with van der Waals surface area (Å²) in [5.74, 6) is 1.40. The van der Waals surface area contributed by atoms with Crippen LogP contribution >= 0.6 is 0 Å². The average molecular weight is 290 g/mol. The van der Waals surface area contributed by atoms with Crippen molar-refractivity contribution < 1.29 is 14.3 Å². The van der Waals surface area contributed by atoms with Gasteiger partial charge in [0.25, 0.3) is 0 Å². The first kappa shape index (κ1) is 15.4. The molecule has 0 saturated carbocycles. The summed E-state index contributed by atoms with van der Waals surface area (Å²) < 4.78 is 10.9. The first-order valence-electron chi connectivity index (χ1n) is 7.26. The lowest BCUT2D eigenvalue weighted by Gasteiger charge is -2.15. The van der Waals surface area contributed by atoms with E-state index >= 15 is 0 Å². The molecule has 0 aromatic heterocycles. The molecule has 1 aliphatic heterocycles. The zero-order chi connectivity index (χ0) is 15.2. The van der Waals surface area contributed by atoms with Crippen molar-refractivity contribution in [3.8, 4) is 11.5 Å². The number of methoxy groups -OCH3 is 1. The maximum Gasteiger partial charge on any atom is 0.210 e. The normalized spacial score (nSPS) is 18.2. The maximum absolute atomic E-state index is 10.9. The molecule has 1 aromatic rings. The fraction of sp³-hybridized carbons (Fsp3) is 0.500. The van der Waals surface area contributed by atoms with Gasteiger partial charge >= 0.3 is 0 Å². The highest BCUT2D eigenvalue weighted by Gasteiger charge is 2.21. The molecule has 1 aliphatic rings. The van der Waals surface area contributed by atoms with Crippen LogP contribution in [0.5, 0.6) is 11.5 Å². The van der Waals surface area contributed by atoms with Gasteiger partial charge in [-0.1, -0.05) is 0 Å². The van der Waals surface area contributed by atoms with Crippen LogP contribution in [0.25, 0.3) is 0 Å². The van der Waals surface area contributed by atoms with Crippen LogP contribution in [-0.2, 0) is 4.79 Å². The minimum absolute atomic E-state index is 0.0968. The molecule has 1 unspecified atom stereocenters. The minimum Gasteiger partial charge on any atom is -0.493 e. The Balaban J connectivity index is 2.22. The molecule has 0 radical (unpaired) electrons. The number of hydrogen-bond acceptors (Lipinski definition) is 4. The second kappa shape index (κ2) is 7.11. The number of aliphatic imine (C=N–C) groups is 1. The zero-order valence-corrected chi connectivity index (χ0v) is 12.8. The number of rotatable bonds is 6. The average Bonchev–Trinajstić information content (AvgIpc) is 2.95. The Bertz CT molecular complexity index is 528. The molecule has 1 heterocycles. The van der Waals surface area contributed by atoms with E-state index in [1.807, 2.05) is 32.2 Å². The predicted octanol–water partition coefficient (Wildman–Crippen LogP) is 2.73. The van der Waals surface area contributed by atoms with E-state index in [9.17, 15) is 4.79 Å². The van der Waals surface area contributed by atoms with Gasteiger partial charge in [0.2, 0.25) is 6.41 Å². The monoisotopic (exact) mass is 290 g/mol. The van der Waals surface area contributed by atoms with Crippen LogP contribution in [-0.4, -0.2) is 43.8 Å². The van der Waals surface area contributed by atoms with E-state index in [1.54, 1.807) is 12.0 Å². The van der Waals surface area contributed by atoms with E-state index in [0.29, 0.717) is 18.1 Å². The number of aryl methyl sites for hydroxylation is 1. The lowest BCUT2D eigenvalue weighted by atomic mass is 10.1. The van der Waals surface area contributed by atoms with Crippen molar-refractivity contribution in [2.24, 2.45) is 4.99 Å². The first-order valence-corrected chi connectivity index (χ1v) is 7.26. The van der Waals surface area contributed by atoms with Crippen LogP contribution in [0, 0.1) is 6.92 Å². The number of benzene rings is 1. The molecule has 21 heavy (non-hydrogen) atoms. The standard InChI is InChI=1S/C16H22N2O3/c1-4-21-16-9-14(12(2)8-15(16)20-3)17-10-13-6-5-7-18(13)11-19/h8-11,13H,4-7H2,1-3H3. The predicted molar refractivity (Wildman–Crippen MR) is 82.8 cm³/mol. The van der Waals surface area contributed by atoms with E-state index < -0.39 is 0 Å². The van der Waals surface area contributed by atoms with E-state index in [4.69, 9.17) is 9.47 Å². The molecule has 5 heteroatoms. The third-order valence-electron chi connectivity index (χ3n) is 3.65. The molecule has 1 saturated heterocycles. The summed E-state index contributed by atoms with van der Waals surface area (Å²) in [4.78, 5) is 17.3. The highest BCUT2D eigenvalue weighted by atomic mass is 16.5. The van der Waals surface area contributed by atoms with Gasteiger partial charge in [0.15, 0.2) is 11.5 Å². The van der Waals surface area contributed by atoms with Gasteiger partial charge < -0.3 is 14.4 Å². The number of amides is 1. The lowest BCUT2D eigenvalue weighted by Crippen LogP contribution is -2.28. The summed E-state index contributed by atoms with van der Waals surface area (Å²) in [6.07, 6.45) is 4.75. The van der Waals surface area contributed by atoms with Crippen molar-refractivity contribution in [3.05, 3.63) is 17.7 Å². The fourth-order valence-electron chi connectivity index (χ4n) is 2.49. The summed E-state index contributed by atoms with van der Waals surface area (Å²) in [7, 11) is 1.63. The molecule has 2 rings (SSSR count). The maximum atomic E-state index is 10.9. The van der Waals surface area contributed by atoms with Crippen LogP contribution in [0.3, 0.4) is 0 Å². The van der Waals surface area contributed by atoms with Gasteiger partial charge in [-0.15, -0.1) is 0 Å². The Labute approximate surface area is 125 Å². The van der Waals surface area contributed by atoms with Crippen LogP contribution in [0.2, 0.25) is 0 Å². The molecule has 0 N–H and O–H groups in total. The quantitative estimate of drug-likeness (QED) is 0.598. The third-order valence-corrected chi connectivity index (χ3v) is 3.65. The molecule has 1 amide bonds. The summed E-state index contributed by atoms with van der Waals surface area (Å²) >= 11 is 0. The Hall–Kier alpha value is -2.04. The van der Waals surface area contributed by atoms with Crippen LogP contribution in [0.1, 0.15) is 25.3 Å². The summed E-state index contributed by atoms with van der Waals surface area (Å²) in [6, 6.07) is 3.90. The number of carbonyl (C=O) groups is 1. The van der Waals surface area contributed by atoms with E-state index in [0.717, 1.165) is 37.0 Å². The summed E-state index contributed by atoms with van der Waals surface area (Å²) in [5, 5.41) is 0. The third kappa shape index (κ3) is 3.54. The van der Waals surface area contributed by atoms with Crippen molar-refractivity contribution >= 4 is 18.3 Å². The molecule has 0 aliphatic carbocycles. The Kier molecular flexibility index (Phi) is 5.20. The first-order chi connectivity index (χ1) is 10.2. The summed E-state index contributed by atoms with van der Waals surface area (Å²) in [6.45, 7) is 5.30. The van der Waals surface area contributed by atoms with Crippen molar-refractivity contribution in [1.29, 1.82) is 0 Å². The number of carbonyl (C=O) groups excluding carboxylic acids is 1. The van der Waals surface area contributed by atoms with Crippen molar-refractivity contribution in [1.82, 2.24) is 4.90 Å². The number of likely N-dealkylation sites (tertiary alicyclic amines) is 1. The molecule has 1 fully saturated rings. The van der Waals surface area contributed by atoms with Gasteiger partial charge in [0, 0.05) is 18.8 Å². The van der Waals surface area contributed by atoms with Crippen LogP contribution in [0.4, 0.5) is 5.69 Å². The van der Waals surface area contributed by atoms with Gasteiger partial charge in [0.05, 0.1) is 25.4 Å². The molecule has 1 atom stereocenters. The minimum atomic E-state index is 0.0968. The highest BCUT2D eigenvalue weighted by molar-refractivity contribution is 5.74. The Morgan fingerprint density at radius 1 is 1.43 bits per heavy atom. The topological polar surface area (TPSA) is 51.1 Å². The van der Waals surface area contributed by atoms with Crippen molar-refractivity contribution in [2.45, 2.75) is 32.7 Å². The van der Waals surface area contributed by atoms with Gasteiger partial charge in [0.1, 0.15) is 0 Å². The van der Waals surface area contributed by atoms with E-state index in [-0.39, 0.29) is 6.04 Å². The molecule has 5 nitrogen and oxygen atoms in total. The molecule has 0 bridgehead atoms. The largest absolute Gasteiger partial charge is 0.493 e. The Morgan fingerprint density at radius 3 is 2.90 bits per heavy atom. The number of nitrogens with zero attached hydrogens (tertiary/aromatic N) is 2. The summed E-state index contributed by atoms with van der Waals surface area (Å²) in [5.41, 5.74) is 1.86. The molecular formula is C16H22N2O3. The van der Waals surface area contributed by atoms with E-state index in [1.165, 1.54) is 0 Å². The zero-order valence-electron chi connectivity index (χ0n) is 12.8. The van der Waals surface area contributed by atoms with Gasteiger partial charge in [-0.3, -0.25) is 9.79 Å². The highest BCUT2D eigenvalue weighted by Crippen LogP contribution is 2.34. The smallest absolute Gasteiger partial charge is 0.210 e. The second-order valence-electron chi connectivity index (χ2n) is 5.05. The van der Waals surface area contributed by atoms with Gasteiger partial charge in [-0.05, 0) is 38.3 Å². The van der Waals surface area contributed by atoms with Gasteiger partial charge in [-0.2, -0.15) is 0 Å². The fourth-order valence-corrected chi connectivity index (χ4v) is 2.49. The van der Waals surface area contributed by atoms with Crippen molar-refractivity contribution in [2.75, 3.05) is 20.3 Å².